The van der Waals surface area contributed by atoms with Gasteiger partial charge in [-0.3, -0.25) is 0 Å². The van der Waals surface area contributed by atoms with E-state index in [2.05, 4.69) is 17.6 Å². The summed E-state index contributed by atoms with van der Waals surface area (Å²) in [5.74, 6) is 2.00. The van der Waals surface area contributed by atoms with Crippen molar-refractivity contribution in [1.82, 2.24) is 4.98 Å². The SMILES string of the molecule is N#CC(S)c1nc(-c2ccc3c(c2)OOC3)c(-c2ccc3c(c2)OOC3)o1. The van der Waals surface area contributed by atoms with E-state index in [-0.39, 0.29) is 5.89 Å². The van der Waals surface area contributed by atoms with Crippen LogP contribution in [0.3, 0.4) is 0 Å². The van der Waals surface area contributed by atoms with Gasteiger partial charge in [-0.05, 0) is 12.1 Å². The van der Waals surface area contributed by atoms with Gasteiger partial charge in [0.2, 0.25) is 5.89 Å². The highest BCUT2D eigenvalue weighted by Crippen LogP contribution is 2.40. The van der Waals surface area contributed by atoms with Gasteiger partial charge < -0.3 is 14.2 Å². The minimum atomic E-state index is -0.777. The van der Waals surface area contributed by atoms with Crippen molar-refractivity contribution in [3.63, 3.8) is 0 Å². The number of hydrogen-bond donors (Lipinski definition) is 1. The molecule has 7 nitrogen and oxygen atoms in total. The third kappa shape index (κ3) is 2.73. The van der Waals surface area contributed by atoms with Crippen LogP contribution in [0.25, 0.3) is 22.6 Å². The summed E-state index contributed by atoms with van der Waals surface area (Å²) >= 11 is 4.23. The number of thiol groups is 1. The molecule has 2 aliphatic heterocycles. The van der Waals surface area contributed by atoms with E-state index in [1.54, 1.807) is 0 Å². The summed E-state index contributed by atoms with van der Waals surface area (Å²) < 4.78 is 5.91. The first-order valence-corrected chi connectivity index (χ1v) is 8.68. The molecule has 1 unspecified atom stereocenters. The number of aromatic nitrogens is 1. The molecule has 8 heteroatoms. The van der Waals surface area contributed by atoms with E-state index in [9.17, 15) is 5.26 Å². The first-order chi connectivity index (χ1) is 13.2. The van der Waals surface area contributed by atoms with Crippen molar-refractivity contribution in [3.05, 3.63) is 53.4 Å². The summed E-state index contributed by atoms with van der Waals surface area (Å²) in [6.07, 6.45) is 0. The molecule has 1 atom stereocenters. The Morgan fingerprint density at radius 1 is 0.963 bits per heavy atom. The number of fused-ring (bicyclic) bond motifs is 2. The summed E-state index contributed by atoms with van der Waals surface area (Å²) in [6, 6.07) is 13.3. The van der Waals surface area contributed by atoms with Crippen LogP contribution in [0, 0.1) is 11.3 Å². The topological polar surface area (TPSA) is 86.7 Å². The van der Waals surface area contributed by atoms with Crippen LogP contribution in [0.4, 0.5) is 0 Å². The number of benzene rings is 2. The summed E-state index contributed by atoms with van der Waals surface area (Å²) in [5.41, 5.74) is 4.02. The van der Waals surface area contributed by atoms with Gasteiger partial charge in [0.1, 0.15) is 18.9 Å². The Morgan fingerprint density at radius 3 is 2.26 bits per heavy atom. The Balaban J connectivity index is 1.66. The number of hydrogen-bond acceptors (Lipinski definition) is 8. The lowest BCUT2D eigenvalue weighted by atomic mass is 10.0. The van der Waals surface area contributed by atoms with Crippen LogP contribution in [-0.4, -0.2) is 4.98 Å². The average molecular weight is 380 g/mol. The standard InChI is InChI=1S/C19H12N2O5S/c20-7-16(27)19-21-17(10-1-3-12-8-22-25-14(12)5-10)18(24-19)11-2-4-13-9-23-26-15(13)6-11/h1-6,16,27H,8-9H2. The smallest absolute Gasteiger partial charge is 0.222 e. The molecule has 0 fully saturated rings. The minimum absolute atomic E-state index is 0.223. The summed E-state index contributed by atoms with van der Waals surface area (Å²) in [6.45, 7) is 0.807. The first-order valence-electron chi connectivity index (χ1n) is 8.17. The highest BCUT2D eigenvalue weighted by Gasteiger charge is 2.24. The van der Waals surface area contributed by atoms with Crippen LogP contribution in [0.1, 0.15) is 22.3 Å². The summed E-state index contributed by atoms with van der Waals surface area (Å²) in [7, 11) is 0. The van der Waals surface area contributed by atoms with Gasteiger partial charge in [0, 0.05) is 22.3 Å². The molecule has 0 saturated carbocycles. The molecule has 134 valence electrons. The van der Waals surface area contributed by atoms with Crippen LogP contribution in [-0.2, 0) is 23.0 Å². The van der Waals surface area contributed by atoms with Gasteiger partial charge in [0.05, 0.1) is 6.07 Å². The van der Waals surface area contributed by atoms with Crippen LogP contribution >= 0.6 is 12.6 Å². The van der Waals surface area contributed by atoms with E-state index in [0.29, 0.717) is 36.2 Å². The molecule has 3 aromatic rings. The molecular weight excluding hydrogens is 368 g/mol. The zero-order valence-corrected chi connectivity index (χ0v) is 14.7. The van der Waals surface area contributed by atoms with Gasteiger partial charge in [-0.2, -0.15) is 27.7 Å². The number of rotatable bonds is 3. The fourth-order valence-electron chi connectivity index (χ4n) is 3.00. The van der Waals surface area contributed by atoms with Crippen molar-refractivity contribution in [3.8, 4) is 40.1 Å². The van der Waals surface area contributed by atoms with Crippen molar-refractivity contribution >= 4 is 12.6 Å². The third-order valence-electron chi connectivity index (χ3n) is 4.40. The second-order valence-corrected chi connectivity index (χ2v) is 6.61. The van der Waals surface area contributed by atoms with E-state index < -0.39 is 5.25 Å². The summed E-state index contributed by atoms with van der Waals surface area (Å²) in [4.78, 5) is 24.9. The summed E-state index contributed by atoms with van der Waals surface area (Å²) in [5, 5.41) is 8.41. The fraction of sp³-hybridized carbons (Fsp3) is 0.158. The van der Waals surface area contributed by atoms with E-state index in [4.69, 9.17) is 24.0 Å². The van der Waals surface area contributed by atoms with E-state index in [0.717, 1.165) is 22.3 Å². The first kappa shape index (κ1) is 16.2. The number of nitriles is 1. The number of oxazole rings is 1. The second-order valence-electron chi connectivity index (χ2n) is 6.10. The van der Waals surface area contributed by atoms with Crippen LogP contribution in [0.15, 0.2) is 40.8 Å². The molecule has 0 saturated heterocycles. The third-order valence-corrected chi connectivity index (χ3v) is 4.73. The van der Waals surface area contributed by atoms with E-state index in [1.807, 2.05) is 42.5 Å². The Morgan fingerprint density at radius 2 is 1.59 bits per heavy atom. The van der Waals surface area contributed by atoms with Crippen LogP contribution < -0.4 is 9.78 Å². The van der Waals surface area contributed by atoms with E-state index in [1.165, 1.54) is 0 Å². The van der Waals surface area contributed by atoms with Crippen molar-refractivity contribution < 1.29 is 24.0 Å². The molecular formula is C19H12N2O5S. The average Bonchev–Trinajstić information content (AvgIpc) is 3.44. The highest BCUT2D eigenvalue weighted by atomic mass is 32.1. The fourth-order valence-corrected chi connectivity index (χ4v) is 3.11. The van der Waals surface area contributed by atoms with Gasteiger partial charge in [-0.15, -0.1) is 0 Å². The molecule has 1 aromatic heterocycles. The second kappa shape index (κ2) is 6.32. The Hall–Kier alpha value is -2.99. The molecule has 0 spiro atoms. The quantitative estimate of drug-likeness (QED) is 0.539. The normalized spacial score (nSPS) is 15.4. The van der Waals surface area contributed by atoms with Gasteiger partial charge in [-0.1, -0.05) is 24.3 Å². The lowest BCUT2D eigenvalue weighted by molar-refractivity contribution is -0.194. The van der Waals surface area contributed by atoms with Crippen molar-refractivity contribution in [1.29, 1.82) is 5.26 Å². The molecule has 0 N–H and O–H groups in total. The lowest BCUT2D eigenvalue weighted by Gasteiger charge is -2.04. The Kier molecular flexibility index (Phi) is 3.79. The zero-order chi connectivity index (χ0) is 18.4. The molecule has 27 heavy (non-hydrogen) atoms. The molecule has 0 radical (unpaired) electrons. The van der Waals surface area contributed by atoms with E-state index >= 15 is 0 Å². The molecule has 2 aromatic carbocycles. The number of nitrogens with zero attached hydrogens (tertiary/aromatic N) is 2. The lowest BCUT2D eigenvalue weighted by Crippen LogP contribution is -1.88. The minimum Gasteiger partial charge on any atom is -0.438 e. The maximum Gasteiger partial charge on any atom is 0.222 e. The molecule has 0 aliphatic carbocycles. The predicted octanol–water partition coefficient (Wildman–Crippen LogP) is 4.15. The predicted molar refractivity (Wildman–Crippen MR) is 95.5 cm³/mol. The Bertz CT molecular complexity index is 1010. The molecule has 5 rings (SSSR count). The van der Waals surface area contributed by atoms with Crippen molar-refractivity contribution in [2.45, 2.75) is 18.5 Å². The molecule has 3 heterocycles. The van der Waals surface area contributed by atoms with Crippen LogP contribution in [0.2, 0.25) is 0 Å². The highest BCUT2D eigenvalue weighted by molar-refractivity contribution is 7.80. The van der Waals surface area contributed by atoms with Crippen molar-refractivity contribution in [2.24, 2.45) is 0 Å². The van der Waals surface area contributed by atoms with Gasteiger partial charge in [-0.25, -0.2) is 4.98 Å². The maximum absolute atomic E-state index is 9.18. The Labute approximate surface area is 159 Å². The van der Waals surface area contributed by atoms with Crippen molar-refractivity contribution in [2.75, 3.05) is 0 Å². The van der Waals surface area contributed by atoms with Crippen LogP contribution in [0.5, 0.6) is 11.5 Å². The zero-order valence-electron chi connectivity index (χ0n) is 13.8. The van der Waals surface area contributed by atoms with Gasteiger partial charge >= 0.3 is 0 Å². The monoisotopic (exact) mass is 380 g/mol. The maximum atomic E-state index is 9.18. The molecule has 0 bridgehead atoms. The largest absolute Gasteiger partial charge is 0.438 e. The molecule has 2 aliphatic rings. The van der Waals surface area contributed by atoms with Gasteiger partial charge in [0.15, 0.2) is 22.5 Å². The molecule has 0 amide bonds. The van der Waals surface area contributed by atoms with Gasteiger partial charge in [0.25, 0.3) is 0 Å².